The molecule has 0 aromatic heterocycles. The van der Waals surface area contributed by atoms with Gasteiger partial charge in [-0.25, -0.2) is 4.39 Å². The fraction of sp³-hybridized carbons (Fsp3) is 0.500. The molecule has 1 aromatic rings. The van der Waals surface area contributed by atoms with Crippen molar-refractivity contribution in [3.8, 4) is 0 Å². The maximum absolute atomic E-state index is 13.3. The number of halogens is 2. The molecule has 2 aliphatic heterocycles. The first kappa shape index (κ1) is 9.61. The Kier molecular flexibility index (Phi) is 2.22. The Morgan fingerprint density at radius 3 is 2.80 bits per heavy atom. The van der Waals surface area contributed by atoms with Gasteiger partial charge in [-0.15, -0.1) is 0 Å². The van der Waals surface area contributed by atoms with E-state index in [-0.39, 0.29) is 10.8 Å². The summed E-state index contributed by atoms with van der Waals surface area (Å²) >= 11 is 5.68. The van der Waals surface area contributed by atoms with Gasteiger partial charge in [0.2, 0.25) is 0 Å². The molecule has 0 radical (unpaired) electrons. The van der Waals surface area contributed by atoms with Gasteiger partial charge in [0, 0.05) is 18.0 Å². The van der Waals surface area contributed by atoms with E-state index in [4.69, 9.17) is 11.6 Å². The van der Waals surface area contributed by atoms with Crippen LogP contribution in [0.25, 0.3) is 0 Å². The Morgan fingerprint density at radius 1 is 1.33 bits per heavy atom. The third-order valence-corrected chi connectivity index (χ3v) is 3.98. The molecule has 2 bridgehead atoms. The van der Waals surface area contributed by atoms with Crippen molar-refractivity contribution >= 4 is 11.6 Å². The first-order valence-corrected chi connectivity index (χ1v) is 5.83. The Labute approximate surface area is 93.6 Å². The molecule has 2 saturated heterocycles. The topological polar surface area (TPSA) is 12.0 Å². The predicted octanol–water partition coefficient (Wildman–Crippen LogP) is 3.09. The number of hydrogen-bond donors (Lipinski definition) is 1. The second-order valence-corrected chi connectivity index (χ2v) is 4.97. The maximum atomic E-state index is 13.3. The minimum Gasteiger partial charge on any atom is -0.311 e. The van der Waals surface area contributed by atoms with E-state index in [1.54, 1.807) is 12.1 Å². The largest absolute Gasteiger partial charge is 0.311 e. The molecule has 1 N–H and O–H groups in total. The third-order valence-electron chi connectivity index (χ3n) is 3.67. The summed E-state index contributed by atoms with van der Waals surface area (Å²) in [7, 11) is 0. The van der Waals surface area contributed by atoms with Gasteiger partial charge < -0.3 is 5.32 Å². The van der Waals surface area contributed by atoms with Gasteiger partial charge in [0.15, 0.2) is 0 Å². The second-order valence-electron chi connectivity index (χ2n) is 4.56. The summed E-state index contributed by atoms with van der Waals surface area (Å²) in [5, 5.41) is 3.77. The highest BCUT2D eigenvalue weighted by molar-refractivity contribution is 6.30. The van der Waals surface area contributed by atoms with Crippen LogP contribution in [0, 0.1) is 5.82 Å². The molecule has 0 aliphatic carbocycles. The van der Waals surface area contributed by atoms with Crippen molar-refractivity contribution in [3.63, 3.8) is 0 Å². The Hall–Kier alpha value is -0.600. The lowest BCUT2D eigenvalue weighted by Gasteiger charge is -2.20. The van der Waals surface area contributed by atoms with Crippen LogP contribution >= 0.6 is 11.6 Å². The van der Waals surface area contributed by atoms with Gasteiger partial charge in [-0.3, -0.25) is 0 Å². The molecule has 80 valence electrons. The van der Waals surface area contributed by atoms with E-state index in [9.17, 15) is 4.39 Å². The molecule has 0 amide bonds. The van der Waals surface area contributed by atoms with Crippen molar-refractivity contribution in [2.45, 2.75) is 37.3 Å². The molecule has 15 heavy (non-hydrogen) atoms. The molecule has 0 spiro atoms. The molecule has 2 unspecified atom stereocenters. The molecule has 2 aliphatic rings. The number of fused-ring (bicyclic) bond motifs is 2. The standard InChI is InChI=1S/C12H13ClFN/c13-10-3-1-7(5-11(10)14)9-6-8-2-4-12(9)15-8/h1,3,5,8-9,12,15H,2,4,6H2/t8?,9-,12?/m1/s1. The first-order chi connectivity index (χ1) is 7.24. The van der Waals surface area contributed by atoms with Gasteiger partial charge in [-0.1, -0.05) is 17.7 Å². The van der Waals surface area contributed by atoms with E-state index >= 15 is 0 Å². The zero-order valence-corrected chi connectivity index (χ0v) is 9.10. The minimum absolute atomic E-state index is 0.217. The van der Waals surface area contributed by atoms with Crippen molar-refractivity contribution in [2.75, 3.05) is 0 Å². The Balaban J connectivity index is 1.90. The summed E-state index contributed by atoms with van der Waals surface area (Å²) in [6.07, 6.45) is 3.64. The lowest BCUT2D eigenvalue weighted by Crippen LogP contribution is -2.21. The van der Waals surface area contributed by atoms with Crippen molar-refractivity contribution < 1.29 is 4.39 Å². The van der Waals surface area contributed by atoms with Crippen LogP contribution in [0.2, 0.25) is 5.02 Å². The van der Waals surface area contributed by atoms with Crippen molar-refractivity contribution in [2.24, 2.45) is 0 Å². The molecule has 1 nitrogen and oxygen atoms in total. The van der Waals surface area contributed by atoms with Gasteiger partial charge in [0.1, 0.15) is 5.82 Å². The van der Waals surface area contributed by atoms with Crippen LogP contribution < -0.4 is 5.32 Å². The van der Waals surface area contributed by atoms with Crippen LogP contribution in [-0.4, -0.2) is 12.1 Å². The third kappa shape index (κ3) is 1.56. The van der Waals surface area contributed by atoms with Gasteiger partial charge in [0.05, 0.1) is 5.02 Å². The summed E-state index contributed by atoms with van der Waals surface area (Å²) in [4.78, 5) is 0. The first-order valence-electron chi connectivity index (χ1n) is 5.45. The summed E-state index contributed by atoms with van der Waals surface area (Å²) in [5.74, 6) is 0.187. The number of benzene rings is 1. The molecular weight excluding hydrogens is 213 g/mol. The van der Waals surface area contributed by atoms with E-state index < -0.39 is 0 Å². The van der Waals surface area contributed by atoms with Gasteiger partial charge >= 0.3 is 0 Å². The van der Waals surface area contributed by atoms with Crippen LogP contribution in [0.4, 0.5) is 4.39 Å². The van der Waals surface area contributed by atoms with Gasteiger partial charge in [-0.05, 0) is 37.0 Å². The zero-order chi connectivity index (χ0) is 10.4. The Bertz CT molecular complexity index is 393. The molecule has 1 aromatic carbocycles. The molecule has 2 fully saturated rings. The summed E-state index contributed by atoms with van der Waals surface area (Å²) < 4.78 is 13.3. The van der Waals surface area contributed by atoms with E-state index in [2.05, 4.69) is 5.32 Å². The monoisotopic (exact) mass is 225 g/mol. The highest BCUT2D eigenvalue weighted by Gasteiger charge is 2.39. The molecule has 3 atom stereocenters. The predicted molar refractivity (Wildman–Crippen MR) is 58.7 cm³/mol. The lowest BCUT2D eigenvalue weighted by molar-refractivity contribution is 0.503. The average molecular weight is 226 g/mol. The zero-order valence-electron chi connectivity index (χ0n) is 8.34. The van der Waals surface area contributed by atoms with Crippen molar-refractivity contribution in [1.82, 2.24) is 5.32 Å². The van der Waals surface area contributed by atoms with Gasteiger partial charge in [-0.2, -0.15) is 0 Å². The maximum Gasteiger partial charge on any atom is 0.142 e. The number of nitrogens with one attached hydrogen (secondary N) is 1. The van der Waals surface area contributed by atoms with E-state index in [1.807, 2.05) is 6.07 Å². The molecule has 3 rings (SSSR count). The van der Waals surface area contributed by atoms with Gasteiger partial charge in [0.25, 0.3) is 0 Å². The second kappa shape index (κ2) is 3.46. The van der Waals surface area contributed by atoms with Crippen LogP contribution in [0.15, 0.2) is 18.2 Å². The van der Waals surface area contributed by atoms with Crippen molar-refractivity contribution in [1.29, 1.82) is 0 Å². The fourth-order valence-electron chi connectivity index (χ4n) is 2.94. The normalized spacial score (nSPS) is 33.6. The van der Waals surface area contributed by atoms with Crippen LogP contribution in [0.3, 0.4) is 0 Å². The lowest BCUT2D eigenvalue weighted by atomic mass is 9.84. The minimum atomic E-state index is -0.294. The number of hydrogen-bond acceptors (Lipinski definition) is 1. The molecule has 3 heteroatoms. The van der Waals surface area contributed by atoms with E-state index in [1.165, 1.54) is 12.8 Å². The molecular formula is C12H13ClFN. The smallest absolute Gasteiger partial charge is 0.142 e. The molecule has 2 heterocycles. The fourth-order valence-corrected chi connectivity index (χ4v) is 3.05. The summed E-state index contributed by atoms with van der Waals surface area (Å²) in [6, 6.07) is 6.42. The van der Waals surface area contributed by atoms with Crippen molar-refractivity contribution in [3.05, 3.63) is 34.6 Å². The van der Waals surface area contributed by atoms with Crippen LogP contribution in [0.1, 0.15) is 30.7 Å². The SMILES string of the molecule is Fc1cc([C@H]2CC3CCC2N3)ccc1Cl. The summed E-state index contributed by atoms with van der Waals surface area (Å²) in [5.41, 5.74) is 1.09. The number of rotatable bonds is 1. The highest BCUT2D eigenvalue weighted by Crippen LogP contribution is 2.40. The Morgan fingerprint density at radius 2 is 2.20 bits per heavy atom. The quantitative estimate of drug-likeness (QED) is 0.775. The average Bonchev–Trinajstić information content (AvgIpc) is 2.83. The van der Waals surface area contributed by atoms with Crippen LogP contribution in [0.5, 0.6) is 0 Å². The highest BCUT2D eigenvalue weighted by atomic mass is 35.5. The summed E-state index contributed by atoms with van der Waals surface area (Å²) in [6.45, 7) is 0. The van der Waals surface area contributed by atoms with E-state index in [0.717, 1.165) is 12.0 Å². The van der Waals surface area contributed by atoms with Crippen LogP contribution in [-0.2, 0) is 0 Å². The van der Waals surface area contributed by atoms with E-state index in [0.29, 0.717) is 18.0 Å². The molecule has 0 saturated carbocycles.